The van der Waals surface area contributed by atoms with Crippen molar-refractivity contribution in [3.8, 4) is 0 Å². The molecule has 3 heteroatoms. The molecule has 0 saturated heterocycles. The molecule has 0 atom stereocenters. The van der Waals surface area contributed by atoms with E-state index in [9.17, 15) is 4.79 Å². The van der Waals surface area contributed by atoms with Crippen LogP contribution < -0.4 is 0 Å². The molecule has 0 unspecified atom stereocenters. The Balaban J connectivity index is 2.04. The lowest BCUT2D eigenvalue weighted by Gasteiger charge is -2.03. The third-order valence-corrected chi connectivity index (χ3v) is 3.83. The molecule has 0 aromatic carbocycles. The largest absolute Gasteiger partial charge is 0.292 e. The fourth-order valence-corrected chi connectivity index (χ4v) is 2.53. The monoisotopic (exact) mass is 295 g/mol. The first-order valence-corrected chi connectivity index (χ1v) is 8.27. The van der Waals surface area contributed by atoms with Gasteiger partial charge in [-0.2, -0.15) is 0 Å². The molecule has 1 aromatic heterocycles. The molecule has 0 aliphatic carbocycles. The van der Waals surface area contributed by atoms with Gasteiger partial charge in [-0.05, 0) is 18.6 Å². The number of carbonyl (C=O) groups excluding carboxylic acids is 1. The number of aromatic nitrogens is 1. The van der Waals surface area contributed by atoms with E-state index in [0.29, 0.717) is 17.1 Å². The number of Topliss-reactive ketones (excluding diaryl/α,β-unsaturated/α-hetero) is 1. The van der Waals surface area contributed by atoms with E-state index >= 15 is 0 Å². The molecule has 0 aliphatic rings. The fraction of sp³-hybridized carbons (Fsp3) is 0.647. The van der Waals surface area contributed by atoms with Crippen molar-refractivity contribution >= 4 is 17.4 Å². The molecule has 20 heavy (non-hydrogen) atoms. The summed E-state index contributed by atoms with van der Waals surface area (Å²) >= 11 is 5.96. The SMILES string of the molecule is CCCCCCCCCCCC(=O)c1ncccc1Cl. The number of ketones is 1. The molecule has 0 saturated carbocycles. The summed E-state index contributed by atoms with van der Waals surface area (Å²) in [5, 5.41) is 0.466. The highest BCUT2D eigenvalue weighted by atomic mass is 35.5. The number of rotatable bonds is 11. The third-order valence-electron chi connectivity index (χ3n) is 3.53. The molecule has 2 nitrogen and oxygen atoms in total. The van der Waals surface area contributed by atoms with Crippen molar-refractivity contribution in [3.63, 3.8) is 0 Å². The molecular weight excluding hydrogens is 270 g/mol. The van der Waals surface area contributed by atoms with E-state index in [0.717, 1.165) is 12.8 Å². The van der Waals surface area contributed by atoms with Gasteiger partial charge in [0.2, 0.25) is 0 Å². The van der Waals surface area contributed by atoms with Gasteiger partial charge in [-0.25, -0.2) is 0 Å². The van der Waals surface area contributed by atoms with E-state index < -0.39 is 0 Å². The predicted molar refractivity (Wildman–Crippen MR) is 85.4 cm³/mol. The van der Waals surface area contributed by atoms with Crippen molar-refractivity contribution in [2.24, 2.45) is 0 Å². The molecular formula is C17H26ClNO. The van der Waals surface area contributed by atoms with Gasteiger partial charge in [-0.1, -0.05) is 69.9 Å². The molecule has 1 heterocycles. The van der Waals surface area contributed by atoms with Gasteiger partial charge >= 0.3 is 0 Å². The standard InChI is InChI=1S/C17H26ClNO/c1-2-3-4-5-6-7-8-9-10-13-16(20)17-15(18)12-11-14-19-17/h11-12,14H,2-10,13H2,1H3. The zero-order valence-electron chi connectivity index (χ0n) is 12.5. The van der Waals surface area contributed by atoms with E-state index in [4.69, 9.17) is 11.6 Å². The Morgan fingerprint density at radius 3 is 2.25 bits per heavy atom. The number of hydrogen-bond acceptors (Lipinski definition) is 2. The number of nitrogens with zero attached hydrogens (tertiary/aromatic N) is 1. The average molecular weight is 296 g/mol. The van der Waals surface area contributed by atoms with Gasteiger partial charge in [-0.15, -0.1) is 0 Å². The number of hydrogen-bond donors (Lipinski definition) is 0. The smallest absolute Gasteiger partial charge is 0.182 e. The highest BCUT2D eigenvalue weighted by Crippen LogP contribution is 2.16. The summed E-state index contributed by atoms with van der Waals surface area (Å²) in [5.41, 5.74) is 0.425. The second-order valence-electron chi connectivity index (χ2n) is 5.34. The number of unbranched alkanes of at least 4 members (excludes halogenated alkanes) is 8. The van der Waals surface area contributed by atoms with Crippen molar-refractivity contribution in [1.29, 1.82) is 0 Å². The first-order valence-electron chi connectivity index (χ1n) is 7.89. The van der Waals surface area contributed by atoms with Crippen LogP contribution in [0.4, 0.5) is 0 Å². The Morgan fingerprint density at radius 1 is 1.05 bits per heavy atom. The van der Waals surface area contributed by atoms with Crippen LogP contribution in [0.25, 0.3) is 0 Å². The lowest BCUT2D eigenvalue weighted by atomic mass is 10.0. The molecule has 0 spiro atoms. The van der Waals surface area contributed by atoms with Crippen molar-refractivity contribution < 1.29 is 4.79 Å². The van der Waals surface area contributed by atoms with Crippen LogP contribution in [0, 0.1) is 0 Å². The van der Waals surface area contributed by atoms with Gasteiger partial charge in [0.05, 0.1) is 5.02 Å². The van der Waals surface area contributed by atoms with E-state index in [2.05, 4.69) is 11.9 Å². The highest BCUT2D eigenvalue weighted by Gasteiger charge is 2.10. The van der Waals surface area contributed by atoms with Crippen LogP contribution in [0.1, 0.15) is 81.6 Å². The van der Waals surface area contributed by atoms with Crippen LogP contribution in [0.5, 0.6) is 0 Å². The first-order chi connectivity index (χ1) is 9.75. The normalized spacial score (nSPS) is 10.7. The van der Waals surface area contributed by atoms with E-state index in [1.165, 1.54) is 44.9 Å². The molecule has 0 amide bonds. The molecule has 1 rings (SSSR count). The Morgan fingerprint density at radius 2 is 1.65 bits per heavy atom. The summed E-state index contributed by atoms with van der Waals surface area (Å²) in [6.45, 7) is 2.24. The lowest BCUT2D eigenvalue weighted by molar-refractivity contribution is 0.0974. The van der Waals surface area contributed by atoms with Crippen LogP contribution >= 0.6 is 11.6 Å². The quantitative estimate of drug-likeness (QED) is 0.379. The molecule has 112 valence electrons. The Hall–Kier alpha value is -0.890. The van der Waals surface area contributed by atoms with Crippen molar-refractivity contribution in [2.45, 2.75) is 71.1 Å². The summed E-state index contributed by atoms with van der Waals surface area (Å²) < 4.78 is 0. The summed E-state index contributed by atoms with van der Waals surface area (Å²) in [5.74, 6) is 0.0681. The summed E-state index contributed by atoms with van der Waals surface area (Å²) in [6.07, 6.45) is 13.5. The van der Waals surface area contributed by atoms with Crippen molar-refractivity contribution in [2.75, 3.05) is 0 Å². The number of pyridine rings is 1. The molecule has 0 N–H and O–H groups in total. The molecule has 1 aromatic rings. The predicted octanol–water partition coefficient (Wildman–Crippen LogP) is 5.84. The molecule has 0 fully saturated rings. The first kappa shape index (κ1) is 17.2. The summed E-state index contributed by atoms with van der Waals surface area (Å²) in [6, 6.07) is 3.47. The van der Waals surface area contributed by atoms with Gasteiger partial charge in [-0.3, -0.25) is 9.78 Å². The van der Waals surface area contributed by atoms with Crippen LogP contribution in [0.15, 0.2) is 18.3 Å². The number of carbonyl (C=O) groups is 1. The van der Waals surface area contributed by atoms with Crippen LogP contribution in [0.3, 0.4) is 0 Å². The fourth-order valence-electron chi connectivity index (χ4n) is 2.31. The highest BCUT2D eigenvalue weighted by molar-refractivity contribution is 6.33. The minimum Gasteiger partial charge on any atom is -0.292 e. The zero-order chi connectivity index (χ0) is 14.6. The van der Waals surface area contributed by atoms with Gasteiger partial charge in [0.1, 0.15) is 5.69 Å². The van der Waals surface area contributed by atoms with Gasteiger partial charge in [0.15, 0.2) is 5.78 Å². The van der Waals surface area contributed by atoms with Gasteiger partial charge in [0.25, 0.3) is 0 Å². The second kappa shape index (κ2) is 10.8. The molecule has 0 aliphatic heterocycles. The van der Waals surface area contributed by atoms with Gasteiger partial charge in [0, 0.05) is 12.6 Å². The second-order valence-corrected chi connectivity index (χ2v) is 5.74. The minimum absolute atomic E-state index is 0.0681. The topological polar surface area (TPSA) is 30.0 Å². The van der Waals surface area contributed by atoms with Crippen LogP contribution in [-0.2, 0) is 0 Å². The van der Waals surface area contributed by atoms with Gasteiger partial charge < -0.3 is 0 Å². The average Bonchev–Trinajstić information content (AvgIpc) is 2.46. The van der Waals surface area contributed by atoms with Crippen LogP contribution in [-0.4, -0.2) is 10.8 Å². The van der Waals surface area contributed by atoms with E-state index in [1.54, 1.807) is 18.3 Å². The maximum Gasteiger partial charge on any atom is 0.182 e. The molecule has 0 bridgehead atoms. The summed E-state index contributed by atoms with van der Waals surface area (Å²) in [7, 11) is 0. The Kier molecular flexibility index (Phi) is 9.31. The maximum absolute atomic E-state index is 11.9. The number of halogens is 1. The Bertz CT molecular complexity index is 392. The molecule has 0 radical (unpaired) electrons. The Labute approximate surface area is 127 Å². The van der Waals surface area contributed by atoms with Crippen LogP contribution in [0.2, 0.25) is 5.02 Å². The lowest BCUT2D eigenvalue weighted by Crippen LogP contribution is -2.02. The minimum atomic E-state index is 0.0681. The van der Waals surface area contributed by atoms with E-state index in [-0.39, 0.29) is 5.78 Å². The van der Waals surface area contributed by atoms with E-state index in [1.807, 2.05) is 0 Å². The van der Waals surface area contributed by atoms with Crippen molar-refractivity contribution in [1.82, 2.24) is 4.98 Å². The maximum atomic E-state index is 11.9. The third kappa shape index (κ3) is 7.04. The van der Waals surface area contributed by atoms with Crippen molar-refractivity contribution in [3.05, 3.63) is 29.0 Å². The summed E-state index contributed by atoms with van der Waals surface area (Å²) in [4.78, 5) is 16.0. The zero-order valence-corrected chi connectivity index (χ0v) is 13.3.